The Kier molecular flexibility index (Phi) is 12.6. The van der Waals surface area contributed by atoms with Crippen molar-refractivity contribution in [2.24, 2.45) is 0 Å². The molecule has 0 spiro atoms. The van der Waals surface area contributed by atoms with Crippen molar-refractivity contribution in [3.05, 3.63) is 265 Å². The lowest BCUT2D eigenvalue weighted by atomic mass is 10.1. The molecule has 8 rings (SSSR count). The quantitative estimate of drug-likeness (QED) is 0.102. The van der Waals surface area contributed by atoms with E-state index in [1.807, 2.05) is 0 Å². The molecule has 0 heterocycles. The van der Waals surface area contributed by atoms with Crippen LogP contribution in [-0.4, -0.2) is 0 Å². The van der Waals surface area contributed by atoms with Gasteiger partial charge in [-0.2, -0.15) is 0 Å². The Morgan fingerprint density at radius 3 is 1.06 bits per heavy atom. The molecule has 4 heteroatoms. The summed E-state index contributed by atoms with van der Waals surface area (Å²) in [4.78, 5) is 9.12. The van der Waals surface area contributed by atoms with Crippen molar-refractivity contribution in [1.29, 1.82) is 0 Å². The standard InChI is InChI=1S/C58H52N4/c1-6-48(60(49-22-10-7-11-23-49)56-28-16-19-44(2)41-56)32-31-47(5)59(52-33-37-54(38-34-52)61(50-24-12-8-13-25-50)57-29-17-20-45(3)42-57)53-35-39-55(40-36-53)62(51-26-14-9-15-27-51)58-30-18-21-46(4)43-58/h6-43H,5H2,1-4H3/b32-31-,48-6+. The summed E-state index contributed by atoms with van der Waals surface area (Å²) in [5, 5.41) is 0. The molecule has 0 atom stereocenters. The fraction of sp³-hybridized carbons (Fsp3) is 0.0690. The molecule has 4 nitrogen and oxygen atoms in total. The zero-order chi connectivity index (χ0) is 42.8. The van der Waals surface area contributed by atoms with Crippen molar-refractivity contribution in [3.8, 4) is 0 Å². The highest BCUT2D eigenvalue weighted by atomic mass is 15.2. The van der Waals surface area contributed by atoms with Gasteiger partial charge in [-0.05, 0) is 178 Å². The van der Waals surface area contributed by atoms with E-state index in [1.54, 1.807) is 0 Å². The lowest BCUT2D eigenvalue weighted by Gasteiger charge is -2.30. The molecule has 0 saturated heterocycles. The van der Waals surface area contributed by atoms with Crippen LogP contribution in [0.2, 0.25) is 0 Å². The topological polar surface area (TPSA) is 13.0 Å². The molecule has 0 aliphatic rings. The number of nitrogens with zero attached hydrogens (tertiary/aromatic N) is 4. The molecule has 0 aliphatic carbocycles. The lowest BCUT2D eigenvalue weighted by Crippen LogP contribution is -2.17. The molecule has 0 N–H and O–H groups in total. The van der Waals surface area contributed by atoms with E-state index in [1.165, 1.54) is 16.7 Å². The molecular formula is C58H52N4. The first kappa shape index (κ1) is 40.9. The minimum atomic E-state index is 0.819. The average Bonchev–Trinajstić information content (AvgIpc) is 3.30. The van der Waals surface area contributed by atoms with Gasteiger partial charge in [0.05, 0.1) is 0 Å². The number of hydrogen-bond donors (Lipinski definition) is 0. The molecular weight excluding hydrogens is 753 g/mol. The van der Waals surface area contributed by atoms with E-state index in [0.29, 0.717) is 0 Å². The van der Waals surface area contributed by atoms with Crippen LogP contribution in [0, 0.1) is 20.8 Å². The highest BCUT2D eigenvalue weighted by Gasteiger charge is 2.19. The maximum Gasteiger partial charge on any atom is 0.0464 e. The van der Waals surface area contributed by atoms with Gasteiger partial charge in [0, 0.05) is 68.3 Å². The predicted octanol–water partition coefficient (Wildman–Crippen LogP) is 16.5. The average molecular weight is 805 g/mol. The number of anilines is 10. The van der Waals surface area contributed by atoms with Gasteiger partial charge in [0.2, 0.25) is 0 Å². The SMILES string of the molecule is C=C(/C=C\C(=C/C)N(c1ccccc1)c1cccc(C)c1)N(c1ccc(N(c2ccccc2)c2cccc(C)c2)cc1)c1ccc(N(c2ccccc2)c2cccc(C)c2)cc1. The van der Waals surface area contributed by atoms with Crippen molar-refractivity contribution >= 4 is 56.9 Å². The zero-order valence-electron chi connectivity index (χ0n) is 35.9. The van der Waals surface area contributed by atoms with Gasteiger partial charge in [-0.1, -0.05) is 104 Å². The third-order valence-electron chi connectivity index (χ3n) is 10.8. The van der Waals surface area contributed by atoms with Crippen molar-refractivity contribution in [1.82, 2.24) is 0 Å². The maximum atomic E-state index is 4.73. The number of benzene rings is 8. The number of hydrogen-bond acceptors (Lipinski definition) is 4. The smallest absolute Gasteiger partial charge is 0.0464 e. The first-order chi connectivity index (χ1) is 30.4. The van der Waals surface area contributed by atoms with Gasteiger partial charge in [0.1, 0.15) is 0 Å². The van der Waals surface area contributed by atoms with Gasteiger partial charge in [-0.25, -0.2) is 0 Å². The van der Waals surface area contributed by atoms with Gasteiger partial charge in [-0.3, -0.25) is 0 Å². The number of rotatable bonds is 14. The van der Waals surface area contributed by atoms with E-state index < -0.39 is 0 Å². The molecule has 8 aromatic rings. The molecule has 0 saturated carbocycles. The molecule has 8 aromatic carbocycles. The van der Waals surface area contributed by atoms with E-state index >= 15 is 0 Å². The largest absolute Gasteiger partial charge is 0.311 e. The summed E-state index contributed by atoms with van der Waals surface area (Å²) in [6.45, 7) is 13.2. The van der Waals surface area contributed by atoms with Crippen LogP contribution in [0.15, 0.2) is 249 Å². The molecule has 0 aromatic heterocycles. The van der Waals surface area contributed by atoms with E-state index in [4.69, 9.17) is 6.58 Å². The lowest BCUT2D eigenvalue weighted by molar-refractivity contribution is 1.18. The summed E-state index contributed by atoms with van der Waals surface area (Å²) in [5.41, 5.74) is 16.2. The monoisotopic (exact) mass is 804 g/mol. The second kappa shape index (κ2) is 19.1. The van der Waals surface area contributed by atoms with Crippen LogP contribution in [0.3, 0.4) is 0 Å². The molecule has 0 radical (unpaired) electrons. The summed E-state index contributed by atoms with van der Waals surface area (Å²) >= 11 is 0. The third-order valence-corrected chi connectivity index (χ3v) is 10.8. The van der Waals surface area contributed by atoms with Crippen LogP contribution >= 0.6 is 0 Å². The van der Waals surface area contributed by atoms with Gasteiger partial charge in [0.25, 0.3) is 0 Å². The Morgan fingerprint density at radius 1 is 0.339 bits per heavy atom. The second-order valence-electron chi connectivity index (χ2n) is 15.4. The Hall–Kier alpha value is -7.82. The van der Waals surface area contributed by atoms with E-state index in [9.17, 15) is 0 Å². The Labute approximate surface area is 367 Å². The molecule has 0 aliphatic heterocycles. The van der Waals surface area contributed by atoms with Crippen LogP contribution in [0.4, 0.5) is 56.9 Å². The number of para-hydroxylation sites is 3. The Balaban J connectivity index is 1.20. The van der Waals surface area contributed by atoms with Crippen molar-refractivity contribution in [2.75, 3.05) is 19.6 Å². The van der Waals surface area contributed by atoms with Crippen LogP contribution in [0.25, 0.3) is 0 Å². The molecule has 0 fully saturated rings. The van der Waals surface area contributed by atoms with Crippen molar-refractivity contribution < 1.29 is 0 Å². The van der Waals surface area contributed by atoms with E-state index in [2.05, 4.69) is 278 Å². The Morgan fingerprint density at radius 2 is 0.661 bits per heavy atom. The molecule has 304 valence electrons. The molecule has 0 bridgehead atoms. The summed E-state index contributed by atoms with van der Waals surface area (Å²) in [6, 6.07) is 75.1. The third kappa shape index (κ3) is 9.31. The fourth-order valence-corrected chi connectivity index (χ4v) is 7.91. The first-order valence-corrected chi connectivity index (χ1v) is 21.2. The summed E-state index contributed by atoms with van der Waals surface area (Å²) in [7, 11) is 0. The molecule has 62 heavy (non-hydrogen) atoms. The summed E-state index contributed by atoms with van der Waals surface area (Å²) < 4.78 is 0. The van der Waals surface area contributed by atoms with E-state index in [0.717, 1.165) is 68.3 Å². The van der Waals surface area contributed by atoms with Gasteiger partial charge in [0.15, 0.2) is 0 Å². The van der Waals surface area contributed by atoms with Gasteiger partial charge >= 0.3 is 0 Å². The summed E-state index contributed by atoms with van der Waals surface area (Å²) in [5.74, 6) is 0. The fourth-order valence-electron chi connectivity index (χ4n) is 7.91. The maximum absolute atomic E-state index is 4.73. The van der Waals surface area contributed by atoms with Gasteiger partial charge in [-0.15, -0.1) is 0 Å². The number of aryl methyl sites for hydroxylation is 3. The minimum Gasteiger partial charge on any atom is -0.311 e. The highest BCUT2D eigenvalue weighted by molar-refractivity contribution is 5.82. The molecule has 0 unspecified atom stereocenters. The summed E-state index contributed by atoms with van der Waals surface area (Å²) in [6.07, 6.45) is 6.44. The van der Waals surface area contributed by atoms with Gasteiger partial charge < -0.3 is 19.6 Å². The van der Waals surface area contributed by atoms with Crippen LogP contribution < -0.4 is 19.6 Å². The predicted molar refractivity (Wildman–Crippen MR) is 266 cm³/mol. The highest BCUT2D eigenvalue weighted by Crippen LogP contribution is 2.40. The number of allylic oxidation sites excluding steroid dienone is 3. The molecule has 0 amide bonds. The first-order valence-electron chi connectivity index (χ1n) is 21.2. The van der Waals surface area contributed by atoms with E-state index in [-0.39, 0.29) is 0 Å². The minimum absolute atomic E-state index is 0.819. The van der Waals surface area contributed by atoms with Crippen LogP contribution in [0.5, 0.6) is 0 Å². The van der Waals surface area contributed by atoms with Crippen LogP contribution in [0.1, 0.15) is 23.6 Å². The second-order valence-corrected chi connectivity index (χ2v) is 15.4. The Bertz CT molecular complexity index is 2660. The van der Waals surface area contributed by atoms with Crippen LogP contribution in [-0.2, 0) is 0 Å². The van der Waals surface area contributed by atoms with Crippen molar-refractivity contribution in [3.63, 3.8) is 0 Å². The van der Waals surface area contributed by atoms with Crippen molar-refractivity contribution in [2.45, 2.75) is 27.7 Å². The normalized spacial score (nSPS) is 11.3. The zero-order valence-corrected chi connectivity index (χ0v) is 35.9.